The number of carboxylic acids is 1. The maximum atomic E-state index is 12.2. The van der Waals surface area contributed by atoms with Crippen molar-refractivity contribution in [1.82, 2.24) is 4.90 Å². The molecule has 0 radical (unpaired) electrons. The van der Waals surface area contributed by atoms with Crippen LogP contribution in [0, 0.1) is 11.3 Å². The highest BCUT2D eigenvalue weighted by molar-refractivity contribution is 5.77. The van der Waals surface area contributed by atoms with Gasteiger partial charge in [-0.25, -0.2) is 0 Å². The summed E-state index contributed by atoms with van der Waals surface area (Å²) in [4.78, 5) is 25.3. The van der Waals surface area contributed by atoms with Gasteiger partial charge in [0.05, 0.1) is 5.41 Å². The number of unbranched alkanes of at least 4 members (excludes halogenated alkanes) is 2. The highest BCUT2D eigenvalue weighted by Crippen LogP contribution is 2.34. The largest absolute Gasteiger partial charge is 0.481 e. The second-order valence-electron chi connectivity index (χ2n) is 6.31. The van der Waals surface area contributed by atoms with E-state index in [2.05, 4.69) is 0 Å². The summed E-state index contributed by atoms with van der Waals surface area (Å²) in [6, 6.07) is 0. The van der Waals surface area contributed by atoms with Crippen molar-refractivity contribution < 1.29 is 14.7 Å². The Morgan fingerprint density at radius 2 is 2.00 bits per heavy atom. The average molecular weight is 284 g/mol. The van der Waals surface area contributed by atoms with E-state index >= 15 is 0 Å². The van der Waals surface area contributed by atoms with Gasteiger partial charge in [-0.2, -0.15) is 0 Å². The zero-order valence-corrected chi connectivity index (χ0v) is 12.7. The third-order valence-corrected chi connectivity index (χ3v) is 4.44. The molecule has 0 spiro atoms. The fourth-order valence-corrected chi connectivity index (χ4v) is 2.72. The normalized spacial score (nSPS) is 19.9. The molecule has 20 heavy (non-hydrogen) atoms. The fraction of sp³-hybridized carbons (Fsp3) is 0.867. The molecule has 1 rings (SSSR count). The van der Waals surface area contributed by atoms with Gasteiger partial charge in [0.2, 0.25) is 5.91 Å². The number of rotatable bonds is 7. The molecule has 0 aromatic carbocycles. The van der Waals surface area contributed by atoms with Crippen molar-refractivity contribution in [3.63, 3.8) is 0 Å². The van der Waals surface area contributed by atoms with Crippen molar-refractivity contribution in [2.75, 3.05) is 19.6 Å². The number of amides is 1. The van der Waals surface area contributed by atoms with Gasteiger partial charge in [0.25, 0.3) is 0 Å². The summed E-state index contributed by atoms with van der Waals surface area (Å²) in [6.45, 7) is 5.54. The van der Waals surface area contributed by atoms with Crippen LogP contribution in [0.15, 0.2) is 0 Å². The van der Waals surface area contributed by atoms with E-state index in [0.717, 1.165) is 38.6 Å². The molecule has 1 unspecified atom stereocenters. The molecule has 5 heteroatoms. The molecule has 1 fully saturated rings. The number of nitrogens with two attached hydrogens (primary N) is 1. The third kappa shape index (κ3) is 4.47. The molecule has 1 aliphatic rings. The Kier molecular flexibility index (Phi) is 6.46. The van der Waals surface area contributed by atoms with Crippen LogP contribution in [0.3, 0.4) is 0 Å². The standard InChI is InChI=1S/C15H28N2O3/c1-15(2,14(19)20)12-7-6-10-17(11-12)13(18)8-4-3-5-9-16/h12H,3-11,16H2,1-2H3,(H,19,20). The van der Waals surface area contributed by atoms with Crippen molar-refractivity contribution >= 4 is 11.9 Å². The van der Waals surface area contributed by atoms with Crippen LogP contribution in [-0.2, 0) is 9.59 Å². The molecule has 1 atom stereocenters. The first-order valence-electron chi connectivity index (χ1n) is 7.60. The van der Waals surface area contributed by atoms with Crippen LogP contribution in [-0.4, -0.2) is 41.5 Å². The Balaban J connectivity index is 2.48. The van der Waals surface area contributed by atoms with Crippen LogP contribution >= 0.6 is 0 Å². The van der Waals surface area contributed by atoms with Crippen LogP contribution in [0.5, 0.6) is 0 Å². The SMILES string of the molecule is CC(C)(C(=O)O)C1CCCN(C(=O)CCCCCN)C1. The number of nitrogens with zero attached hydrogens (tertiary/aromatic N) is 1. The third-order valence-electron chi connectivity index (χ3n) is 4.44. The first kappa shape index (κ1) is 17.0. The summed E-state index contributed by atoms with van der Waals surface area (Å²) in [5, 5.41) is 9.30. The summed E-state index contributed by atoms with van der Waals surface area (Å²) in [5.41, 5.74) is 4.67. The second kappa shape index (κ2) is 7.62. The molecule has 116 valence electrons. The van der Waals surface area contributed by atoms with Crippen molar-refractivity contribution in [2.45, 2.75) is 52.4 Å². The number of hydrogen-bond acceptors (Lipinski definition) is 3. The summed E-state index contributed by atoms with van der Waals surface area (Å²) in [5.74, 6) is -0.575. The minimum absolute atomic E-state index is 0.0433. The number of carbonyl (C=O) groups is 2. The number of hydrogen-bond donors (Lipinski definition) is 2. The predicted octanol–water partition coefficient (Wildman–Crippen LogP) is 1.85. The lowest BCUT2D eigenvalue weighted by molar-refractivity contribution is -0.153. The maximum absolute atomic E-state index is 12.2. The Labute approximate surface area is 121 Å². The molecular weight excluding hydrogens is 256 g/mol. The van der Waals surface area contributed by atoms with Gasteiger partial charge in [-0.1, -0.05) is 6.42 Å². The topological polar surface area (TPSA) is 83.6 Å². The Bertz CT molecular complexity index is 342. The molecule has 1 heterocycles. The van der Waals surface area contributed by atoms with Gasteiger partial charge in [0, 0.05) is 19.5 Å². The summed E-state index contributed by atoms with van der Waals surface area (Å²) in [6.07, 6.45) is 5.16. The van der Waals surface area contributed by atoms with E-state index in [4.69, 9.17) is 5.73 Å². The van der Waals surface area contributed by atoms with Gasteiger partial charge in [0.1, 0.15) is 0 Å². The van der Waals surface area contributed by atoms with E-state index in [-0.39, 0.29) is 11.8 Å². The zero-order chi connectivity index (χ0) is 15.2. The molecule has 0 aliphatic carbocycles. The highest BCUT2D eigenvalue weighted by atomic mass is 16.4. The van der Waals surface area contributed by atoms with Crippen LogP contribution in [0.2, 0.25) is 0 Å². The first-order chi connectivity index (χ1) is 9.39. The summed E-state index contributed by atoms with van der Waals surface area (Å²) < 4.78 is 0. The summed E-state index contributed by atoms with van der Waals surface area (Å²) in [7, 11) is 0. The molecule has 5 nitrogen and oxygen atoms in total. The van der Waals surface area contributed by atoms with Crippen molar-refractivity contribution in [3.8, 4) is 0 Å². The minimum atomic E-state index is -0.778. The molecule has 0 bridgehead atoms. The number of carboxylic acid groups (broad SMARTS) is 1. The van der Waals surface area contributed by atoms with E-state index in [1.165, 1.54) is 0 Å². The van der Waals surface area contributed by atoms with Crippen molar-refractivity contribution in [3.05, 3.63) is 0 Å². The molecular formula is C15H28N2O3. The first-order valence-corrected chi connectivity index (χ1v) is 7.60. The predicted molar refractivity (Wildman–Crippen MR) is 78.2 cm³/mol. The second-order valence-corrected chi connectivity index (χ2v) is 6.31. The van der Waals surface area contributed by atoms with Gasteiger partial charge in [-0.05, 0) is 52.0 Å². The number of likely N-dealkylation sites (tertiary alicyclic amines) is 1. The Hall–Kier alpha value is -1.10. The Morgan fingerprint density at radius 1 is 1.30 bits per heavy atom. The van der Waals surface area contributed by atoms with Crippen LogP contribution < -0.4 is 5.73 Å². The lowest BCUT2D eigenvalue weighted by Gasteiger charge is -2.39. The van der Waals surface area contributed by atoms with E-state index in [1.807, 2.05) is 4.90 Å². The smallest absolute Gasteiger partial charge is 0.309 e. The highest BCUT2D eigenvalue weighted by Gasteiger charge is 2.39. The number of aliphatic carboxylic acids is 1. The van der Waals surface area contributed by atoms with Gasteiger partial charge >= 0.3 is 5.97 Å². The molecule has 0 aromatic heterocycles. The maximum Gasteiger partial charge on any atom is 0.309 e. The molecule has 0 aromatic rings. The van der Waals surface area contributed by atoms with Crippen LogP contribution in [0.1, 0.15) is 52.4 Å². The van der Waals surface area contributed by atoms with E-state index in [0.29, 0.717) is 19.5 Å². The molecule has 1 aliphatic heterocycles. The Morgan fingerprint density at radius 3 is 2.60 bits per heavy atom. The van der Waals surface area contributed by atoms with Gasteiger partial charge < -0.3 is 15.7 Å². The van der Waals surface area contributed by atoms with E-state index in [9.17, 15) is 14.7 Å². The van der Waals surface area contributed by atoms with Gasteiger partial charge in [-0.3, -0.25) is 9.59 Å². The fourth-order valence-electron chi connectivity index (χ4n) is 2.72. The lowest BCUT2D eigenvalue weighted by Crippen LogP contribution is -2.46. The number of carbonyl (C=O) groups excluding carboxylic acids is 1. The molecule has 1 amide bonds. The van der Waals surface area contributed by atoms with Gasteiger partial charge in [-0.15, -0.1) is 0 Å². The van der Waals surface area contributed by atoms with Crippen molar-refractivity contribution in [2.24, 2.45) is 17.1 Å². The lowest BCUT2D eigenvalue weighted by atomic mass is 9.74. The zero-order valence-electron chi connectivity index (χ0n) is 12.7. The monoisotopic (exact) mass is 284 g/mol. The molecule has 1 saturated heterocycles. The number of piperidine rings is 1. The average Bonchev–Trinajstić information content (AvgIpc) is 2.43. The quantitative estimate of drug-likeness (QED) is 0.699. The van der Waals surface area contributed by atoms with Crippen LogP contribution in [0.25, 0.3) is 0 Å². The van der Waals surface area contributed by atoms with Crippen LogP contribution in [0.4, 0.5) is 0 Å². The van der Waals surface area contributed by atoms with E-state index in [1.54, 1.807) is 13.8 Å². The minimum Gasteiger partial charge on any atom is -0.481 e. The van der Waals surface area contributed by atoms with Gasteiger partial charge in [0.15, 0.2) is 0 Å². The van der Waals surface area contributed by atoms with Crippen molar-refractivity contribution in [1.29, 1.82) is 0 Å². The van der Waals surface area contributed by atoms with E-state index < -0.39 is 11.4 Å². The molecule has 0 saturated carbocycles. The summed E-state index contributed by atoms with van der Waals surface area (Å²) >= 11 is 0. The molecule has 3 N–H and O–H groups in total.